The molecule has 0 fully saturated rings. The van der Waals surface area contributed by atoms with E-state index in [9.17, 15) is 22.8 Å². The van der Waals surface area contributed by atoms with Gasteiger partial charge in [0.15, 0.2) is 0 Å². The Morgan fingerprint density at radius 2 is 1.46 bits per heavy atom. The van der Waals surface area contributed by atoms with Crippen LogP contribution >= 0.6 is 0 Å². The van der Waals surface area contributed by atoms with Gasteiger partial charge in [-0.1, -0.05) is 36.4 Å². The molecule has 2 aromatic rings. The smallest absolute Gasteiger partial charge is 0.465 e. The van der Waals surface area contributed by atoms with Gasteiger partial charge in [-0.15, -0.1) is 13.2 Å². The summed E-state index contributed by atoms with van der Waals surface area (Å²) in [6.45, 7) is 3.15. The predicted octanol–water partition coefficient (Wildman–Crippen LogP) is 4.49. The minimum Gasteiger partial charge on any atom is -0.465 e. The van der Waals surface area contributed by atoms with Gasteiger partial charge >= 0.3 is 12.3 Å². The highest BCUT2D eigenvalue weighted by atomic mass is 19.4. The molecule has 0 heterocycles. The summed E-state index contributed by atoms with van der Waals surface area (Å²) in [6, 6.07) is 12.0. The Hall–Kier alpha value is -2.83. The Bertz CT molecular complexity index is 765. The molecule has 0 radical (unpaired) electrons. The third-order valence-electron chi connectivity index (χ3n) is 3.59. The maximum atomic E-state index is 12.2. The topological polar surface area (TPSA) is 52.6 Å². The quantitative estimate of drug-likeness (QED) is 0.558. The zero-order valence-electron chi connectivity index (χ0n) is 14.2. The van der Waals surface area contributed by atoms with Crippen LogP contribution in [-0.2, 0) is 14.3 Å². The van der Waals surface area contributed by atoms with Crippen molar-refractivity contribution in [2.45, 2.75) is 26.1 Å². The average molecular weight is 366 g/mol. The number of Topliss-reactive ketones (excluding diaryl/α,β-unsaturated/α-hetero) is 1. The van der Waals surface area contributed by atoms with Crippen LogP contribution < -0.4 is 4.74 Å². The summed E-state index contributed by atoms with van der Waals surface area (Å²) in [4.78, 5) is 23.7. The third kappa shape index (κ3) is 5.08. The Labute approximate surface area is 148 Å². The highest BCUT2D eigenvalue weighted by Crippen LogP contribution is 2.28. The van der Waals surface area contributed by atoms with Crippen LogP contribution in [0.1, 0.15) is 25.3 Å². The van der Waals surface area contributed by atoms with Crippen LogP contribution in [0.15, 0.2) is 48.5 Å². The lowest BCUT2D eigenvalue weighted by molar-refractivity contribution is -0.274. The zero-order valence-corrected chi connectivity index (χ0v) is 14.2. The number of hydrogen-bond acceptors (Lipinski definition) is 4. The first-order valence-corrected chi connectivity index (χ1v) is 7.84. The number of benzene rings is 2. The molecule has 1 unspecified atom stereocenters. The zero-order chi connectivity index (χ0) is 19.3. The Morgan fingerprint density at radius 3 is 1.88 bits per heavy atom. The SMILES string of the molecule is CCOC(=O)C(C(C)=O)c1ccc(-c2ccc(OC(F)(F)F)cc2)cc1. The second-order valence-corrected chi connectivity index (χ2v) is 5.49. The standard InChI is InChI=1S/C19H17F3O4/c1-3-25-18(24)17(12(2)23)15-6-4-13(5-7-15)14-8-10-16(11-9-14)26-19(20,21)22/h4-11,17H,3H2,1-2H3. The molecule has 4 nitrogen and oxygen atoms in total. The number of carbonyl (C=O) groups excluding carboxylic acids is 2. The lowest BCUT2D eigenvalue weighted by Crippen LogP contribution is -2.22. The van der Waals surface area contributed by atoms with Gasteiger partial charge in [-0.2, -0.15) is 0 Å². The van der Waals surface area contributed by atoms with Gasteiger partial charge in [0.2, 0.25) is 0 Å². The largest absolute Gasteiger partial charge is 0.573 e. The predicted molar refractivity (Wildman–Crippen MR) is 88.6 cm³/mol. The highest BCUT2D eigenvalue weighted by Gasteiger charge is 2.31. The molecule has 0 amide bonds. The first-order valence-electron chi connectivity index (χ1n) is 7.84. The molecule has 0 aromatic heterocycles. The van der Waals surface area contributed by atoms with Crippen molar-refractivity contribution < 1.29 is 32.2 Å². The number of alkyl halides is 3. The van der Waals surface area contributed by atoms with E-state index in [1.54, 1.807) is 31.2 Å². The minimum atomic E-state index is -4.74. The Balaban J connectivity index is 2.20. The summed E-state index contributed by atoms with van der Waals surface area (Å²) in [6.07, 6.45) is -4.74. The number of hydrogen-bond donors (Lipinski definition) is 0. The van der Waals surface area contributed by atoms with E-state index in [1.165, 1.54) is 31.2 Å². The number of carbonyl (C=O) groups is 2. The van der Waals surface area contributed by atoms with Gasteiger partial charge in [-0.05, 0) is 42.7 Å². The molecule has 0 aliphatic carbocycles. The second kappa shape index (κ2) is 8.03. The van der Waals surface area contributed by atoms with E-state index < -0.39 is 18.2 Å². The maximum absolute atomic E-state index is 12.2. The van der Waals surface area contributed by atoms with Crippen molar-refractivity contribution in [1.82, 2.24) is 0 Å². The molecule has 0 aliphatic heterocycles. The number of rotatable bonds is 6. The summed E-state index contributed by atoms with van der Waals surface area (Å²) in [5.41, 5.74) is 1.89. The van der Waals surface area contributed by atoms with Crippen LogP contribution in [0.25, 0.3) is 11.1 Å². The Kier molecular flexibility index (Phi) is 6.02. The molecular formula is C19H17F3O4. The van der Waals surface area contributed by atoms with Gasteiger partial charge in [0.1, 0.15) is 17.5 Å². The van der Waals surface area contributed by atoms with Crippen LogP contribution in [0.2, 0.25) is 0 Å². The van der Waals surface area contributed by atoms with E-state index in [2.05, 4.69) is 4.74 Å². The van der Waals surface area contributed by atoms with E-state index in [1.807, 2.05) is 0 Å². The van der Waals surface area contributed by atoms with Crippen molar-refractivity contribution in [3.8, 4) is 16.9 Å². The number of ketones is 1. The highest BCUT2D eigenvalue weighted by molar-refractivity contribution is 6.03. The van der Waals surface area contributed by atoms with Gasteiger partial charge in [0.05, 0.1) is 6.61 Å². The van der Waals surface area contributed by atoms with Gasteiger partial charge < -0.3 is 9.47 Å². The van der Waals surface area contributed by atoms with Crippen molar-refractivity contribution in [1.29, 1.82) is 0 Å². The maximum Gasteiger partial charge on any atom is 0.573 e. The molecule has 0 spiro atoms. The summed E-state index contributed by atoms with van der Waals surface area (Å²) in [7, 11) is 0. The molecule has 1 atom stereocenters. The summed E-state index contributed by atoms with van der Waals surface area (Å²) < 4.78 is 45.3. The lowest BCUT2D eigenvalue weighted by Gasteiger charge is -2.14. The fraction of sp³-hybridized carbons (Fsp3) is 0.263. The fourth-order valence-corrected chi connectivity index (χ4v) is 2.48. The lowest BCUT2D eigenvalue weighted by atomic mass is 9.93. The van der Waals surface area contributed by atoms with Gasteiger partial charge in [-0.25, -0.2) is 0 Å². The molecule has 138 valence electrons. The molecule has 0 bridgehead atoms. The average Bonchev–Trinajstić information content (AvgIpc) is 2.55. The first kappa shape index (κ1) is 19.5. The van der Waals surface area contributed by atoms with E-state index in [0.29, 0.717) is 11.1 Å². The molecule has 7 heteroatoms. The van der Waals surface area contributed by atoms with Crippen molar-refractivity contribution in [2.24, 2.45) is 0 Å². The molecule has 0 N–H and O–H groups in total. The van der Waals surface area contributed by atoms with E-state index in [0.717, 1.165) is 5.56 Å². The third-order valence-corrected chi connectivity index (χ3v) is 3.59. The number of esters is 1. The van der Waals surface area contributed by atoms with E-state index >= 15 is 0 Å². The molecule has 2 aromatic carbocycles. The van der Waals surface area contributed by atoms with E-state index in [4.69, 9.17) is 4.74 Å². The van der Waals surface area contributed by atoms with Crippen molar-refractivity contribution in [3.05, 3.63) is 54.1 Å². The van der Waals surface area contributed by atoms with Crippen LogP contribution in [0.4, 0.5) is 13.2 Å². The fourth-order valence-electron chi connectivity index (χ4n) is 2.48. The summed E-state index contributed by atoms with van der Waals surface area (Å²) in [5.74, 6) is -2.24. The Morgan fingerprint density at radius 1 is 0.962 bits per heavy atom. The molecule has 26 heavy (non-hydrogen) atoms. The summed E-state index contributed by atoms with van der Waals surface area (Å²) in [5, 5.41) is 0. The van der Waals surface area contributed by atoms with Crippen LogP contribution in [-0.4, -0.2) is 24.7 Å². The minimum absolute atomic E-state index is 0.174. The molecule has 0 saturated carbocycles. The summed E-state index contributed by atoms with van der Waals surface area (Å²) >= 11 is 0. The van der Waals surface area contributed by atoms with Crippen LogP contribution in [0.5, 0.6) is 5.75 Å². The normalized spacial score (nSPS) is 12.3. The first-order chi connectivity index (χ1) is 12.2. The van der Waals surface area contributed by atoms with Gasteiger partial charge in [0, 0.05) is 0 Å². The van der Waals surface area contributed by atoms with Crippen molar-refractivity contribution >= 4 is 11.8 Å². The molecule has 0 saturated heterocycles. The van der Waals surface area contributed by atoms with E-state index in [-0.39, 0.29) is 18.1 Å². The van der Waals surface area contributed by atoms with Gasteiger partial charge in [-0.3, -0.25) is 9.59 Å². The monoisotopic (exact) mass is 366 g/mol. The van der Waals surface area contributed by atoms with Crippen LogP contribution in [0, 0.1) is 0 Å². The van der Waals surface area contributed by atoms with Crippen LogP contribution in [0.3, 0.4) is 0 Å². The van der Waals surface area contributed by atoms with Crippen molar-refractivity contribution in [2.75, 3.05) is 6.61 Å². The molecular weight excluding hydrogens is 349 g/mol. The molecule has 2 rings (SSSR count). The van der Waals surface area contributed by atoms with Gasteiger partial charge in [0.25, 0.3) is 0 Å². The van der Waals surface area contributed by atoms with Crippen molar-refractivity contribution in [3.63, 3.8) is 0 Å². The number of halogens is 3. The molecule has 0 aliphatic rings. The number of ether oxygens (including phenoxy) is 2. The second-order valence-electron chi connectivity index (χ2n) is 5.49.